The topological polar surface area (TPSA) is 90.5 Å². The van der Waals surface area contributed by atoms with Crippen LogP contribution in [0.15, 0.2) is 0 Å². The summed E-state index contributed by atoms with van der Waals surface area (Å²) >= 11 is 1.17. The molecular weight excluding hydrogens is 352 g/mol. The lowest BCUT2D eigenvalue weighted by molar-refractivity contribution is -0.134. The molecule has 3 aliphatic heterocycles. The maximum Gasteiger partial charge on any atom is 0.279 e. The van der Waals surface area contributed by atoms with Crippen molar-refractivity contribution in [2.24, 2.45) is 5.92 Å². The number of nitrogens with one attached hydrogen (secondary N) is 3. The molecule has 3 rings (SSSR count). The first-order valence-corrected chi connectivity index (χ1v) is 9.35. The van der Waals surface area contributed by atoms with Crippen molar-refractivity contribution in [1.82, 2.24) is 20.9 Å². The van der Waals surface area contributed by atoms with Crippen molar-refractivity contribution in [3.05, 3.63) is 0 Å². The molecule has 3 aliphatic rings. The Bertz CT molecular complexity index is 487. The van der Waals surface area contributed by atoms with Crippen LogP contribution < -0.4 is 16.0 Å². The Morgan fingerprint density at radius 3 is 2.75 bits per heavy atom. The molecular formula is C15H25ClN4O3S. The summed E-state index contributed by atoms with van der Waals surface area (Å²) in [6, 6.07) is -0.439. The van der Waals surface area contributed by atoms with Gasteiger partial charge in [-0.3, -0.25) is 14.4 Å². The summed E-state index contributed by atoms with van der Waals surface area (Å²) < 4.78 is 0. The molecule has 0 aromatic heterocycles. The zero-order chi connectivity index (χ0) is 16.2. The summed E-state index contributed by atoms with van der Waals surface area (Å²) in [5, 5.41) is 8.80. The third kappa shape index (κ3) is 4.77. The quantitative estimate of drug-likeness (QED) is 0.658. The van der Waals surface area contributed by atoms with Crippen LogP contribution in [0.25, 0.3) is 0 Å². The Morgan fingerprint density at radius 1 is 1.25 bits per heavy atom. The lowest BCUT2D eigenvalue weighted by atomic mass is 9.97. The highest BCUT2D eigenvalue weighted by molar-refractivity contribution is 8.14. The molecule has 0 radical (unpaired) electrons. The van der Waals surface area contributed by atoms with E-state index in [1.807, 2.05) is 4.90 Å². The first kappa shape index (κ1) is 19.3. The molecule has 0 aliphatic carbocycles. The highest BCUT2D eigenvalue weighted by Gasteiger charge is 2.34. The van der Waals surface area contributed by atoms with Gasteiger partial charge in [0.05, 0.1) is 6.04 Å². The second-order valence-electron chi connectivity index (χ2n) is 6.48. The zero-order valence-corrected chi connectivity index (χ0v) is 15.2. The second-order valence-corrected chi connectivity index (χ2v) is 7.47. The van der Waals surface area contributed by atoms with E-state index < -0.39 is 0 Å². The molecule has 0 saturated carbocycles. The molecule has 0 bridgehead atoms. The Balaban J connectivity index is 0.00000208. The van der Waals surface area contributed by atoms with Crippen molar-refractivity contribution >= 4 is 41.2 Å². The summed E-state index contributed by atoms with van der Waals surface area (Å²) in [6.45, 7) is 2.93. The van der Waals surface area contributed by atoms with Gasteiger partial charge in [-0.05, 0) is 38.1 Å². The molecule has 24 heavy (non-hydrogen) atoms. The average molecular weight is 377 g/mol. The summed E-state index contributed by atoms with van der Waals surface area (Å²) in [5.41, 5.74) is 0. The Morgan fingerprint density at radius 2 is 2.08 bits per heavy atom. The standard InChI is InChI=1S/C15H24N4O3S.ClH/c20-13(11-4-1-5-16-11)17-7-10-3-2-6-19(8-10)14(21)12-9-23-15(22)18-12;/h10-12,16H,1-9H2,(H,17,20)(H,18,22);1H/t10?,11?,12-;/m0./s1. The third-order valence-electron chi connectivity index (χ3n) is 4.74. The van der Waals surface area contributed by atoms with Crippen LogP contribution in [-0.4, -0.2) is 66.0 Å². The fourth-order valence-corrected chi connectivity index (χ4v) is 4.22. The van der Waals surface area contributed by atoms with Crippen molar-refractivity contribution in [2.45, 2.75) is 37.8 Å². The SMILES string of the molecule is Cl.O=C1N[C@H](C(=O)N2CCCC(CNC(=O)C3CCCN3)C2)CS1. The predicted octanol–water partition coefficient (Wildman–Crippen LogP) is 0.340. The summed E-state index contributed by atoms with van der Waals surface area (Å²) in [7, 11) is 0. The van der Waals surface area contributed by atoms with Gasteiger partial charge in [-0.25, -0.2) is 0 Å². The molecule has 3 atom stereocenters. The first-order chi connectivity index (χ1) is 11.1. The second kappa shape index (κ2) is 8.92. The molecule has 3 saturated heterocycles. The van der Waals surface area contributed by atoms with Crippen LogP contribution in [0.2, 0.25) is 0 Å². The molecule has 9 heteroatoms. The molecule has 136 valence electrons. The summed E-state index contributed by atoms with van der Waals surface area (Å²) in [6.07, 6.45) is 3.92. The minimum Gasteiger partial charge on any atom is -0.354 e. The Kier molecular flexibility index (Phi) is 7.18. The van der Waals surface area contributed by atoms with Crippen LogP contribution in [-0.2, 0) is 9.59 Å². The fraction of sp³-hybridized carbons (Fsp3) is 0.800. The first-order valence-electron chi connectivity index (χ1n) is 8.36. The van der Waals surface area contributed by atoms with Crippen LogP contribution in [0.3, 0.4) is 0 Å². The highest BCUT2D eigenvalue weighted by atomic mass is 35.5. The van der Waals surface area contributed by atoms with Gasteiger partial charge in [-0.1, -0.05) is 11.8 Å². The molecule has 0 aromatic carbocycles. The highest BCUT2D eigenvalue weighted by Crippen LogP contribution is 2.20. The number of carbonyl (C=O) groups excluding carboxylic acids is 3. The fourth-order valence-electron chi connectivity index (χ4n) is 3.45. The summed E-state index contributed by atoms with van der Waals surface area (Å²) in [5.74, 6) is 0.896. The average Bonchev–Trinajstić information content (AvgIpc) is 3.24. The van der Waals surface area contributed by atoms with Gasteiger partial charge in [0.25, 0.3) is 5.24 Å². The number of piperidine rings is 1. The van der Waals surface area contributed by atoms with Gasteiger partial charge in [0.1, 0.15) is 6.04 Å². The van der Waals surface area contributed by atoms with Crippen molar-refractivity contribution in [3.8, 4) is 0 Å². The number of likely N-dealkylation sites (tertiary alicyclic amines) is 1. The number of hydrogen-bond acceptors (Lipinski definition) is 5. The number of amides is 3. The molecule has 0 spiro atoms. The van der Waals surface area contributed by atoms with Gasteiger partial charge in [0.2, 0.25) is 11.8 Å². The van der Waals surface area contributed by atoms with Gasteiger partial charge >= 0.3 is 0 Å². The Labute approximate surface area is 152 Å². The van der Waals surface area contributed by atoms with Crippen LogP contribution in [0.4, 0.5) is 4.79 Å². The van der Waals surface area contributed by atoms with E-state index in [1.165, 1.54) is 11.8 Å². The normalized spacial score (nSPS) is 29.8. The predicted molar refractivity (Wildman–Crippen MR) is 95.4 cm³/mol. The Hall–Kier alpha value is -0.990. The zero-order valence-electron chi connectivity index (χ0n) is 13.6. The van der Waals surface area contributed by atoms with E-state index in [2.05, 4.69) is 16.0 Å². The minimum absolute atomic E-state index is 0. The van der Waals surface area contributed by atoms with E-state index >= 15 is 0 Å². The number of rotatable bonds is 4. The van der Waals surface area contributed by atoms with E-state index in [0.29, 0.717) is 24.8 Å². The van der Waals surface area contributed by atoms with Crippen LogP contribution in [0.5, 0.6) is 0 Å². The van der Waals surface area contributed by atoms with E-state index in [9.17, 15) is 14.4 Å². The van der Waals surface area contributed by atoms with Gasteiger partial charge in [0, 0.05) is 25.4 Å². The van der Waals surface area contributed by atoms with E-state index in [0.717, 1.165) is 38.8 Å². The smallest absolute Gasteiger partial charge is 0.279 e. The third-order valence-corrected chi connectivity index (χ3v) is 5.62. The van der Waals surface area contributed by atoms with Crippen molar-refractivity contribution in [3.63, 3.8) is 0 Å². The molecule has 3 fully saturated rings. The van der Waals surface area contributed by atoms with Gasteiger partial charge < -0.3 is 20.9 Å². The largest absolute Gasteiger partial charge is 0.354 e. The van der Waals surface area contributed by atoms with E-state index in [1.54, 1.807) is 0 Å². The van der Waals surface area contributed by atoms with E-state index in [4.69, 9.17) is 0 Å². The molecule has 2 unspecified atom stereocenters. The van der Waals surface area contributed by atoms with Gasteiger partial charge in [0.15, 0.2) is 0 Å². The number of carbonyl (C=O) groups is 3. The lowest BCUT2D eigenvalue weighted by Gasteiger charge is -2.34. The van der Waals surface area contributed by atoms with Crippen molar-refractivity contribution in [2.75, 3.05) is 31.9 Å². The molecule has 3 heterocycles. The number of hydrogen-bond donors (Lipinski definition) is 3. The molecule has 3 amide bonds. The molecule has 3 N–H and O–H groups in total. The maximum absolute atomic E-state index is 12.4. The maximum atomic E-state index is 12.4. The van der Waals surface area contributed by atoms with Crippen molar-refractivity contribution < 1.29 is 14.4 Å². The van der Waals surface area contributed by atoms with Crippen molar-refractivity contribution in [1.29, 1.82) is 0 Å². The van der Waals surface area contributed by atoms with Gasteiger partial charge in [-0.15, -0.1) is 12.4 Å². The lowest BCUT2D eigenvalue weighted by Crippen LogP contribution is -2.51. The molecule has 7 nitrogen and oxygen atoms in total. The molecule has 0 aromatic rings. The summed E-state index contributed by atoms with van der Waals surface area (Å²) in [4.78, 5) is 37.6. The number of thioether (sulfide) groups is 1. The number of nitrogens with zero attached hydrogens (tertiary/aromatic N) is 1. The minimum atomic E-state index is -0.386. The van der Waals surface area contributed by atoms with Crippen LogP contribution in [0, 0.1) is 5.92 Å². The monoisotopic (exact) mass is 376 g/mol. The van der Waals surface area contributed by atoms with E-state index in [-0.39, 0.29) is 41.5 Å². The van der Waals surface area contributed by atoms with Crippen LogP contribution >= 0.6 is 24.2 Å². The van der Waals surface area contributed by atoms with Crippen LogP contribution in [0.1, 0.15) is 25.7 Å². The van der Waals surface area contributed by atoms with Gasteiger partial charge in [-0.2, -0.15) is 0 Å². The number of halogens is 1.